The van der Waals surface area contributed by atoms with E-state index in [1.54, 1.807) is 0 Å². The molecule has 0 spiro atoms. The lowest BCUT2D eigenvalue weighted by atomic mass is 10.2. The molecule has 1 aliphatic rings. The first kappa shape index (κ1) is 10.3. The van der Waals surface area contributed by atoms with Crippen LogP contribution in [-0.2, 0) is 0 Å². The van der Waals surface area contributed by atoms with E-state index in [1.165, 1.54) is 0 Å². The summed E-state index contributed by atoms with van der Waals surface area (Å²) >= 11 is 4.05. The number of carbonyl (C=O) groups excluding carboxylic acids is 1. The molecule has 74 valence electrons. The van der Waals surface area contributed by atoms with Crippen LogP contribution in [0.3, 0.4) is 0 Å². The van der Waals surface area contributed by atoms with Crippen LogP contribution in [0.15, 0.2) is 24.3 Å². The minimum Gasteiger partial charge on any atom is -0.329 e. The SMILES string of the molecule is O=C(c1ccc(I)cc1)N1CCSC1. The molecule has 1 heterocycles. The van der Waals surface area contributed by atoms with Gasteiger partial charge in [0, 0.05) is 21.4 Å². The highest BCUT2D eigenvalue weighted by Gasteiger charge is 2.19. The second-order valence-corrected chi connectivity index (χ2v) is 5.43. The molecule has 1 aromatic carbocycles. The predicted octanol–water partition coefficient (Wildman–Crippen LogP) is 2.44. The van der Waals surface area contributed by atoms with Gasteiger partial charge in [0.25, 0.3) is 5.91 Å². The van der Waals surface area contributed by atoms with Crippen molar-refractivity contribution in [3.63, 3.8) is 0 Å². The fraction of sp³-hybridized carbons (Fsp3) is 0.300. The number of amides is 1. The van der Waals surface area contributed by atoms with Crippen LogP contribution in [0.1, 0.15) is 10.4 Å². The molecule has 0 unspecified atom stereocenters. The standard InChI is InChI=1S/C10H10INOS/c11-9-3-1-8(2-4-9)10(13)12-5-6-14-7-12/h1-4H,5-7H2. The average molecular weight is 319 g/mol. The Kier molecular flexibility index (Phi) is 3.33. The van der Waals surface area contributed by atoms with Crippen molar-refractivity contribution in [1.29, 1.82) is 0 Å². The number of rotatable bonds is 1. The van der Waals surface area contributed by atoms with Gasteiger partial charge in [0.1, 0.15) is 0 Å². The summed E-state index contributed by atoms with van der Waals surface area (Å²) in [5.41, 5.74) is 0.799. The zero-order valence-corrected chi connectivity index (χ0v) is 10.5. The van der Waals surface area contributed by atoms with E-state index >= 15 is 0 Å². The molecule has 1 aromatic rings. The molecule has 0 radical (unpaired) electrons. The molecule has 1 aliphatic heterocycles. The average Bonchev–Trinajstić information content (AvgIpc) is 2.71. The van der Waals surface area contributed by atoms with E-state index in [2.05, 4.69) is 22.6 Å². The summed E-state index contributed by atoms with van der Waals surface area (Å²) in [5.74, 6) is 2.06. The van der Waals surface area contributed by atoms with Crippen LogP contribution < -0.4 is 0 Å². The molecule has 1 amide bonds. The van der Waals surface area contributed by atoms with Crippen molar-refractivity contribution in [2.24, 2.45) is 0 Å². The van der Waals surface area contributed by atoms with Gasteiger partial charge in [-0.25, -0.2) is 0 Å². The van der Waals surface area contributed by atoms with Crippen molar-refractivity contribution in [1.82, 2.24) is 4.90 Å². The Morgan fingerprint density at radius 3 is 2.64 bits per heavy atom. The summed E-state index contributed by atoms with van der Waals surface area (Å²) in [7, 11) is 0. The van der Waals surface area contributed by atoms with Gasteiger partial charge < -0.3 is 4.90 Å². The van der Waals surface area contributed by atoms with E-state index in [9.17, 15) is 4.79 Å². The van der Waals surface area contributed by atoms with Crippen LogP contribution >= 0.6 is 34.4 Å². The third-order valence-electron chi connectivity index (χ3n) is 2.13. The quantitative estimate of drug-likeness (QED) is 0.741. The van der Waals surface area contributed by atoms with Crippen LogP contribution in [0.4, 0.5) is 0 Å². The van der Waals surface area contributed by atoms with Crippen molar-refractivity contribution in [2.45, 2.75) is 0 Å². The molecular weight excluding hydrogens is 309 g/mol. The van der Waals surface area contributed by atoms with Crippen LogP contribution in [-0.4, -0.2) is 29.0 Å². The Hall–Kier alpha value is -0.230. The van der Waals surface area contributed by atoms with Gasteiger partial charge >= 0.3 is 0 Å². The number of carbonyl (C=O) groups is 1. The van der Waals surface area contributed by atoms with Crippen molar-refractivity contribution in [2.75, 3.05) is 18.2 Å². The first-order valence-electron chi connectivity index (χ1n) is 4.40. The van der Waals surface area contributed by atoms with Gasteiger partial charge in [-0.05, 0) is 46.9 Å². The fourth-order valence-electron chi connectivity index (χ4n) is 1.35. The van der Waals surface area contributed by atoms with Crippen LogP contribution in [0.25, 0.3) is 0 Å². The Morgan fingerprint density at radius 2 is 2.07 bits per heavy atom. The Bertz CT molecular complexity index is 332. The summed E-state index contributed by atoms with van der Waals surface area (Å²) in [5, 5.41) is 0. The molecule has 14 heavy (non-hydrogen) atoms. The first-order chi connectivity index (χ1) is 6.77. The normalized spacial score (nSPS) is 15.9. The van der Waals surface area contributed by atoms with Crippen LogP contribution in [0.2, 0.25) is 0 Å². The molecule has 1 saturated heterocycles. The highest BCUT2D eigenvalue weighted by atomic mass is 127. The van der Waals surface area contributed by atoms with Crippen LogP contribution in [0, 0.1) is 3.57 Å². The number of benzene rings is 1. The maximum absolute atomic E-state index is 11.9. The molecule has 4 heteroatoms. The van der Waals surface area contributed by atoms with Gasteiger partial charge in [0.2, 0.25) is 0 Å². The molecule has 0 aromatic heterocycles. The third kappa shape index (κ3) is 2.23. The molecule has 0 N–H and O–H groups in total. The number of hydrogen-bond acceptors (Lipinski definition) is 2. The maximum Gasteiger partial charge on any atom is 0.254 e. The third-order valence-corrected chi connectivity index (χ3v) is 3.82. The smallest absolute Gasteiger partial charge is 0.254 e. The molecule has 0 bridgehead atoms. The lowest BCUT2D eigenvalue weighted by Gasteiger charge is -2.13. The van der Waals surface area contributed by atoms with Crippen LogP contribution in [0.5, 0.6) is 0 Å². The molecular formula is C10H10INOS. The van der Waals surface area contributed by atoms with Gasteiger partial charge in [-0.3, -0.25) is 4.79 Å². The van der Waals surface area contributed by atoms with Gasteiger partial charge in [0.05, 0.1) is 5.88 Å². The highest BCUT2D eigenvalue weighted by Crippen LogP contribution is 2.17. The number of hydrogen-bond donors (Lipinski definition) is 0. The van der Waals surface area contributed by atoms with Crippen molar-refractivity contribution < 1.29 is 4.79 Å². The Balaban J connectivity index is 2.14. The monoisotopic (exact) mass is 319 g/mol. The second kappa shape index (κ2) is 4.53. The Morgan fingerprint density at radius 1 is 1.36 bits per heavy atom. The molecule has 1 fully saturated rings. The first-order valence-corrected chi connectivity index (χ1v) is 6.63. The summed E-state index contributed by atoms with van der Waals surface area (Å²) in [6, 6.07) is 7.73. The van der Waals surface area contributed by atoms with E-state index in [4.69, 9.17) is 0 Å². The van der Waals surface area contributed by atoms with E-state index in [0.29, 0.717) is 0 Å². The summed E-state index contributed by atoms with van der Waals surface area (Å²) in [6.07, 6.45) is 0. The largest absolute Gasteiger partial charge is 0.329 e. The molecule has 2 nitrogen and oxygen atoms in total. The summed E-state index contributed by atoms with van der Waals surface area (Å²) < 4.78 is 1.16. The molecule has 2 rings (SSSR count). The molecule has 0 aliphatic carbocycles. The topological polar surface area (TPSA) is 20.3 Å². The fourth-order valence-corrected chi connectivity index (χ4v) is 2.65. The number of thioether (sulfide) groups is 1. The van der Waals surface area contributed by atoms with Gasteiger partial charge in [0.15, 0.2) is 0 Å². The summed E-state index contributed by atoms with van der Waals surface area (Å²) in [4.78, 5) is 13.8. The zero-order valence-electron chi connectivity index (χ0n) is 7.57. The van der Waals surface area contributed by atoms with E-state index in [0.717, 1.165) is 27.3 Å². The maximum atomic E-state index is 11.9. The predicted molar refractivity (Wildman–Crippen MR) is 67.5 cm³/mol. The van der Waals surface area contributed by atoms with E-state index < -0.39 is 0 Å². The van der Waals surface area contributed by atoms with E-state index in [1.807, 2.05) is 40.9 Å². The Labute approximate surface area is 101 Å². The highest BCUT2D eigenvalue weighted by molar-refractivity contribution is 14.1. The minimum atomic E-state index is 0.159. The van der Waals surface area contributed by atoms with Crippen molar-refractivity contribution >= 4 is 40.3 Å². The van der Waals surface area contributed by atoms with Crippen molar-refractivity contribution in [3.8, 4) is 0 Å². The minimum absolute atomic E-state index is 0.159. The van der Waals surface area contributed by atoms with Gasteiger partial charge in [-0.2, -0.15) is 0 Å². The second-order valence-electron chi connectivity index (χ2n) is 3.11. The van der Waals surface area contributed by atoms with Gasteiger partial charge in [-0.15, -0.1) is 11.8 Å². The summed E-state index contributed by atoms with van der Waals surface area (Å²) in [6.45, 7) is 0.884. The lowest BCUT2D eigenvalue weighted by Crippen LogP contribution is -2.27. The lowest BCUT2D eigenvalue weighted by molar-refractivity contribution is 0.0803. The zero-order chi connectivity index (χ0) is 9.97. The number of nitrogens with zero attached hydrogens (tertiary/aromatic N) is 1. The molecule has 0 atom stereocenters. The van der Waals surface area contributed by atoms with Crippen molar-refractivity contribution in [3.05, 3.63) is 33.4 Å². The molecule has 0 saturated carbocycles. The number of halogens is 1. The van der Waals surface area contributed by atoms with Gasteiger partial charge in [-0.1, -0.05) is 0 Å². The van der Waals surface area contributed by atoms with E-state index in [-0.39, 0.29) is 5.91 Å².